The topological polar surface area (TPSA) is 38.3 Å². The molecule has 0 aliphatic carbocycles. The van der Waals surface area contributed by atoms with Gasteiger partial charge in [0.2, 0.25) is 0 Å². The van der Waals surface area contributed by atoms with Crippen LogP contribution in [0.1, 0.15) is 17.2 Å². The molecule has 1 heterocycles. The molecule has 1 amide bonds. The van der Waals surface area contributed by atoms with Crippen molar-refractivity contribution in [3.8, 4) is 0 Å². The Labute approximate surface area is 112 Å². The summed E-state index contributed by atoms with van der Waals surface area (Å²) in [5.74, 6) is -0.0372. The molecule has 3 nitrogen and oxygen atoms in total. The van der Waals surface area contributed by atoms with Crippen LogP contribution in [0.4, 0.5) is 0 Å². The van der Waals surface area contributed by atoms with E-state index in [9.17, 15) is 4.79 Å². The SMILES string of the molecule is O=C1NC(c2ccccc2)C1OCc1ccccc1. The van der Waals surface area contributed by atoms with Crippen LogP contribution in [0.5, 0.6) is 0 Å². The van der Waals surface area contributed by atoms with Gasteiger partial charge in [0.1, 0.15) is 0 Å². The maximum atomic E-state index is 11.6. The predicted molar refractivity (Wildman–Crippen MR) is 72.3 cm³/mol. The average Bonchev–Trinajstić information content (AvgIpc) is 2.47. The van der Waals surface area contributed by atoms with Gasteiger partial charge in [-0.15, -0.1) is 0 Å². The minimum atomic E-state index is -0.386. The number of hydrogen-bond acceptors (Lipinski definition) is 2. The molecular weight excluding hydrogens is 238 g/mol. The van der Waals surface area contributed by atoms with Crippen molar-refractivity contribution in [2.75, 3.05) is 0 Å². The highest BCUT2D eigenvalue weighted by Gasteiger charge is 2.41. The molecule has 0 aromatic heterocycles. The zero-order valence-electron chi connectivity index (χ0n) is 10.5. The molecule has 3 rings (SSSR count). The monoisotopic (exact) mass is 253 g/mol. The first-order valence-corrected chi connectivity index (χ1v) is 6.35. The Bertz CT molecular complexity index is 553. The molecule has 1 N–H and O–H groups in total. The lowest BCUT2D eigenvalue weighted by Gasteiger charge is -2.36. The van der Waals surface area contributed by atoms with Crippen LogP contribution in [0.3, 0.4) is 0 Å². The van der Waals surface area contributed by atoms with Gasteiger partial charge in [-0.2, -0.15) is 0 Å². The second kappa shape index (κ2) is 5.24. The fourth-order valence-electron chi connectivity index (χ4n) is 2.22. The van der Waals surface area contributed by atoms with Crippen molar-refractivity contribution in [3.05, 3.63) is 71.8 Å². The first-order chi connectivity index (χ1) is 9.34. The summed E-state index contributed by atoms with van der Waals surface area (Å²) in [5.41, 5.74) is 2.16. The normalized spacial score (nSPS) is 21.6. The number of carbonyl (C=O) groups excluding carboxylic acids is 1. The van der Waals surface area contributed by atoms with Crippen LogP contribution in [0.15, 0.2) is 60.7 Å². The molecule has 1 aliphatic heterocycles. The van der Waals surface area contributed by atoms with Crippen LogP contribution < -0.4 is 5.32 Å². The maximum Gasteiger partial charge on any atom is 0.252 e. The Morgan fingerprint density at radius 2 is 1.58 bits per heavy atom. The van der Waals surface area contributed by atoms with E-state index in [-0.39, 0.29) is 18.1 Å². The van der Waals surface area contributed by atoms with Gasteiger partial charge in [0, 0.05) is 0 Å². The zero-order valence-corrected chi connectivity index (χ0v) is 10.5. The number of rotatable bonds is 4. The fourth-order valence-corrected chi connectivity index (χ4v) is 2.22. The van der Waals surface area contributed by atoms with Crippen molar-refractivity contribution in [1.29, 1.82) is 0 Å². The Balaban J connectivity index is 1.65. The number of benzene rings is 2. The zero-order chi connectivity index (χ0) is 13.1. The van der Waals surface area contributed by atoms with Gasteiger partial charge in [-0.3, -0.25) is 4.79 Å². The van der Waals surface area contributed by atoms with E-state index >= 15 is 0 Å². The minimum Gasteiger partial charge on any atom is -0.361 e. The van der Waals surface area contributed by atoms with Gasteiger partial charge in [0.25, 0.3) is 5.91 Å². The van der Waals surface area contributed by atoms with Crippen molar-refractivity contribution in [3.63, 3.8) is 0 Å². The van der Waals surface area contributed by atoms with Crippen molar-refractivity contribution in [2.45, 2.75) is 18.8 Å². The third-order valence-corrected chi connectivity index (χ3v) is 3.29. The molecule has 2 unspecified atom stereocenters. The van der Waals surface area contributed by atoms with Crippen LogP contribution in [0.2, 0.25) is 0 Å². The molecule has 1 aliphatic rings. The lowest BCUT2D eigenvalue weighted by atomic mass is 9.94. The molecule has 2 atom stereocenters. The number of ether oxygens (including phenoxy) is 1. The van der Waals surface area contributed by atoms with Crippen LogP contribution in [0, 0.1) is 0 Å². The van der Waals surface area contributed by atoms with E-state index in [4.69, 9.17) is 4.74 Å². The minimum absolute atomic E-state index is 0.0302. The van der Waals surface area contributed by atoms with E-state index < -0.39 is 0 Å². The quantitative estimate of drug-likeness (QED) is 0.850. The summed E-state index contributed by atoms with van der Waals surface area (Å²) in [6.45, 7) is 0.461. The molecule has 2 aromatic carbocycles. The van der Waals surface area contributed by atoms with Crippen molar-refractivity contribution >= 4 is 5.91 Å². The summed E-state index contributed by atoms with van der Waals surface area (Å²) < 4.78 is 5.73. The Morgan fingerprint density at radius 3 is 2.21 bits per heavy atom. The number of hydrogen-bond donors (Lipinski definition) is 1. The molecule has 1 saturated heterocycles. The van der Waals surface area contributed by atoms with Gasteiger partial charge < -0.3 is 10.1 Å². The molecule has 1 fully saturated rings. The number of β-lactam (4-membered cyclic amide) rings is 1. The highest BCUT2D eigenvalue weighted by molar-refractivity contribution is 5.88. The van der Waals surface area contributed by atoms with E-state index in [1.165, 1.54) is 0 Å². The van der Waals surface area contributed by atoms with Crippen LogP contribution in [-0.2, 0) is 16.1 Å². The second-order valence-corrected chi connectivity index (χ2v) is 4.61. The van der Waals surface area contributed by atoms with Crippen molar-refractivity contribution in [1.82, 2.24) is 5.32 Å². The van der Waals surface area contributed by atoms with E-state index in [0.29, 0.717) is 6.61 Å². The van der Waals surface area contributed by atoms with Gasteiger partial charge >= 0.3 is 0 Å². The predicted octanol–water partition coefficient (Wildman–Crippen LogP) is 2.44. The molecule has 2 aromatic rings. The van der Waals surface area contributed by atoms with Crippen LogP contribution >= 0.6 is 0 Å². The molecule has 19 heavy (non-hydrogen) atoms. The van der Waals surface area contributed by atoms with Gasteiger partial charge in [0.05, 0.1) is 12.6 Å². The number of carbonyl (C=O) groups is 1. The lowest BCUT2D eigenvalue weighted by Crippen LogP contribution is -2.57. The van der Waals surface area contributed by atoms with E-state index in [1.807, 2.05) is 60.7 Å². The first-order valence-electron chi connectivity index (χ1n) is 6.35. The average molecular weight is 253 g/mol. The standard InChI is InChI=1S/C16H15NO2/c18-16-15(19-11-12-7-3-1-4-8-12)14(17-16)13-9-5-2-6-10-13/h1-10,14-15H,11H2,(H,17,18). The van der Waals surface area contributed by atoms with Gasteiger partial charge in [0.15, 0.2) is 6.10 Å². The smallest absolute Gasteiger partial charge is 0.252 e. The molecule has 0 bridgehead atoms. The summed E-state index contributed by atoms with van der Waals surface area (Å²) in [4.78, 5) is 11.6. The molecule has 3 heteroatoms. The molecule has 0 spiro atoms. The lowest BCUT2D eigenvalue weighted by molar-refractivity contribution is -0.150. The Kier molecular flexibility index (Phi) is 3.29. The summed E-state index contributed by atoms with van der Waals surface area (Å²) >= 11 is 0. The summed E-state index contributed by atoms with van der Waals surface area (Å²) in [6, 6.07) is 19.8. The summed E-state index contributed by atoms with van der Waals surface area (Å²) in [5, 5.41) is 2.88. The third-order valence-electron chi connectivity index (χ3n) is 3.29. The Hall–Kier alpha value is -2.13. The van der Waals surface area contributed by atoms with E-state index in [2.05, 4.69) is 5.32 Å². The van der Waals surface area contributed by atoms with Gasteiger partial charge in [-0.05, 0) is 11.1 Å². The molecular formula is C16H15NO2. The highest BCUT2D eigenvalue weighted by atomic mass is 16.5. The Morgan fingerprint density at radius 1 is 0.947 bits per heavy atom. The van der Waals surface area contributed by atoms with Gasteiger partial charge in [-0.25, -0.2) is 0 Å². The summed E-state index contributed by atoms with van der Waals surface area (Å²) in [7, 11) is 0. The van der Waals surface area contributed by atoms with Gasteiger partial charge in [-0.1, -0.05) is 60.7 Å². The summed E-state index contributed by atoms with van der Waals surface area (Å²) in [6.07, 6.45) is -0.386. The van der Waals surface area contributed by atoms with Crippen LogP contribution in [-0.4, -0.2) is 12.0 Å². The molecule has 0 saturated carbocycles. The van der Waals surface area contributed by atoms with Crippen molar-refractivity contribution < 1.29 is 9.53 Å². The van der Waals surface area contributed by atoms with Crippen LogP contribution in [0.25, 0.3) is 0 Å². The van der Waals surface area contributed by atoms with Crippen molar-refractivity contribution in [2.24, 2.45) is 0 Å². The first kappa shape index (κ1) is 11.9. The second-order valence-electron chi connectivity index (χ2n) is 4.61. The number of amides is 1. The largest absolute Gasteiger partial charge is 0.361 e. The maximum absolute atomic E-state index is 11.6. The molecule has 0 radical (unpaired) electrons. The van der Waals surface area contributed by atoms with E-state index in [1.54, 1.807) is 0 Å². The fraction of sp³-hybridized carbons (Fsp3) is 0.188. The molecule has 96 valence electrons. The number of nitrogens with one attached hydrogen (secondary N) is 1. The highest BCUT2D eigenvalue weighted by Crippen LogP contribution is 2.27. The van der Waals surface area contributed by atoms with E-state index in [0.717, 1.165) is 11.1 Å². The third kappa shape index (κ3) is 2.51.